The highest BCUT2D eigenvalue weighted by Crippen LogP contribution is 2.30. The lowest BCUT2D eigenvalue weighted by Crippen LogP contribution is -2.28. The standard InChI is InChI=1S/C25H36F3N3O/c1-5-12-24(4,6-2)32-15-11-21(22-9-7-8-13-30-22)10-14-29-17-20-16-19(3)23(31-18-20)25(26,27)28/h7-9,13,16,18,21,29H,5-6,10-12,14-15,17H2,1-4H3/t21-,24?/m1/s1. The average Bonchev–Trinajstić information content (AvgIpc) is 2.75. The number of alkyl halides is 3. The van der Waals surface area contributed by atoms with Crippen LogP contribution < -0.4 is 5.32 Å². The number of rotatable bonds is 13. The van der Waals surface area contributed by atoms with E-state index in [2.05, 4.69) is 36.1 Å². The molecule has 2 aromatic rings. The third-order valence-corrected chi connectivity index (χ3v) is 5.95. The minimum absolute atomic E-state index is 0.0882. The van der Waals surface area contributed by atoms with Crippen LogP contribution in [0.5, 0.6) is 0 Å². The summed E-state index contributed by atoms with van der Waals surface area (Å²) in [5.41, 5.74) is 1.02. The minimum atomic E-state index is -4.42. The summed E-state index contributed by atoms with van der Waals surface area (Å²) in [7, 11) is 0. The van der Waals surface area contributed by atoms with Gasteiger partial charge in [0.05, 0.1) is 5.60 Å². The number of halogens is 3. The Morgan fingerprint density at radius 2 is 1.91 bits per heavy atom. The SMILES string of the molecule is CCCC(C)(CC)OCC[C@@H](CCNCc1cnc(C(F)(F)F)c(C)c1)c1ccccn1. The first-order chi connectivity index (χ1) is 15.2. The third kappa shape index (κ3) is 8.17. The summed E-state index contributed by atoms with van der Waals surface area (Å²) in [4.78, 5) is 8.14. The molecule has 178 valence electrons. The summed E-state index contributed by atoms with van der Waals surface area (Å²) >= 11 is 0. The molecule has 32 heavy (non-hydrogen) atoms. The molecule has 0 aromatic carbocycles. The van der Waals surface area contributed by atoms with Gasteiger partial charge in [-0.2, -0.15) is 13.2 Å². The van der Waals surface area contributed by atoms with E-state index in [1.54, 1.807) is 12.3 Å². The van der Waals surface area contributed by atoms with Crippen LogP contribution in [0.15, 0.2) is 36.7 Å². The van der Waals surface area contributed by atoms with Gasteiger partial charge in [0, 0.05) is 37.2 Å². The molecule has 0 spiro atoms. The van der Waals surface area contributed by atoms with Crippen LogP contribution in [0.2, 0.25) is 0 Å². The molecule has 0 radical (unpaired) electrons. The normalized spacial score (nSPS) is 14.8. The van der Waals surface area contributed by atoms with Crippen LogP contribution in [0.1, 0.15) is 81.3 Å². The quantitative estimate of drug-likeness (QED) is 0.356. The van der Waals surface area contributed by atoms with Crippen molar-refractivity contribution >= 4 is 0 Å². The molecule has 2 aromatic heterocycles. The van der Waals surface area contributed by atoms with Gasteiger partial charge in [-0.15, -0.1) is 0 Å². The third-order valence-electron chi connectivity index (χ3n) is 5.95. The van der Waals surface area contributed by atoms with Crippen LogP contribution in [0.25, 0.3) is 0 Å². The summed E-state index contributed by atoms with van der Waals surface area (Å²) in [6.45, 7) is 9.82. The highest BCUT2D eigenvalue weighted by Gasteiger charge is 2.34. The summed E-state index contributed by atoms with van der Waals surface area (Å²) in [6.07, 6.45) is 3.54. The molecule has 0 aliphatic heterocycles. The number of hydrogen-bond acceptors (Lipinski definition) is 4. The summed E-state index contributed by atoms with van der Waals surface area (Å²) < 4.78 is 44.9. The molecule has 0 aliphatic carbocycles. The van der Waals surface area contributed by atoms with Crippen molar-refractivity contribution in [1.82, 2.24) is 15.3 Å². The molecule has 0 amide bonds. The Hall–Kier alpha value is -1.99. The molecule has 0 fully saturated rings. The van der Waals surface area contributed by atoms with E-state index in [-0.39, 0.29) is 17.1 Å². The number of ether oxygens (including phenoxy) is 1. The van der Waals surface area contributed by atoms with E-state index >= 15 is 0 Å². The van der Waals surface area contributed by atoms with Crippen molar-refractivity contribution < 1.29 is 17.9 Å². The second-order valence-electron chi connectivity index (χ2n) is 8.61. The molecule has 2 heterocycles. The molecular formula is C25H36F3N3O. The Labute approximate surface area is 190 Å². The molecular weight excluding hydrogens is 415 g/mol. The molecule has 1 unspecified atom stereocenters. The molecule has 4 nitrogen and oxygen atoms in total. The van der Waals surface area contributed by atoms with Crippen LogP contribution in [0, 0.1) is 6.92 Å². The van der Waals surface area contributed by atoms with E-state index in [4.69, 9.17) is 4.74 Å². The van der Waals surface area contributed by atoms with Gasteiger partial charge in [-0.1, -0.05) is 32.4 Å². The monoisotopic (exact) mass is 451 g/mol. The van der Waals surface area contributed by atoms with Crippen molar-refractivity contribution in [3.8, 4) is 0 Å². The van der Waals surface area contributed by atoms with Crippen LogP contribution in [-0.4, -0.2) is 28.7 Å². The molecule has 2 atom stereocenters. The van der Waals surface area contributed by atoms with Gasteiger partial charge in [0.1, 0.15) is 5.69 Å². The number of aromatic nitrogens is 2. The van der Waals surface area contributed by atoms with Crippen LogP contribution >= 0.6 is 0 Å². The number of nitrogens with zero attached hydrogens (tertiary/aromatic N) is 2. The highest BCUT2D eigenvalue weighted by atomic mass is 19.4. The summed E-state index contributed by atoms with van der Waals surface area (Å²) in [6, 6.07) is 7.49. The number of aryl methyl sites for hydroxylation is 1. The zero-order chi connectivity index (χ0) is 23.6. The summed E-state index contributed by atoms with van der Waals surface area (Å²) in [5, 5.41) is 3.34. The van der Waals surface area contributed by atoms with Gasteiger partial charge < -0.3 is 10.1 Å². The number of nitrogens with one attached hydrogen (secondary N) is 1. The topological polar surface area (TPSA) is 47.0 Å². The van der Waals surface area contributed by atoms with Crippen molar-refractivity contribution in [3.05, 3.63) is 59.2 Å². The molecule has 0 aliphatic rings. The van der Waals surface area contributed by atoms with Gasteiger partial charge in [0.2, 0.25) is 0 Å². The van der Waals surface area contributed by atoms with E-state index in [0.29, 0.717) is 13.2 Å². The first-order valence-corrected chi connectivity index (χ1v) is 11.5. The highest BCUT2D eigenvalue weighted by molar-refractivity contribution is 5.26. The Morgan fingerprint density at radius 1 is 1.12 bits per heavy atom. The number of hydrogen-bond donors (Lipinski definition) is 1. The van der Waals surface area contributed by atoms with Crippen LogP contribution in [0.4, 0.5) is 13.2 Å². The van der Waals surface area contributed by atoms with Gasteiger partial charge in [-0.3, -0.25) is 9.97 Å². The first-order valence-electron chi connectivity index (χ1n) is 11.5. The predicted octanol–water partition coefficient (Wildman–Crippen LogP) is 6.44. The summed E-state index contributed by atoms with van der Waals surface area (Å²) in [5.74, 6) is 0.249. The van der Waals surface area contributed by atoms with Crippen molar-refractivity contribution in [2.75, 3.05) is 13.2 Å². The Kier molecular flexibility index (Phi) is 10.1. The largest absolute Gasteiger partial charge is 0.433 e. The number of pyridine rings is 2. The lowest BCUT2D eigenvalue weighted by molar-refractivity contribution is -0.141. The van der Waals surface area contributed by atoms with E-state index < -0.39 is 11.9 Å². The van der Waals surface area contributed by atoms with Crippen molar-refractivity contribution in [2.24, 2.45) is 0 Å². The van der Waals surface area contributed by atoms with Crippen molar-refractivity contribution in [1.29, 1.82) is 0 Å². The molecule has 0 bridgehead atoms. The fraction of sp³-hybridized carbons (Fsp3) is 0.600. The second kappa shape index (κ2) is 12.3. The fourth-order valence-corrected chi connectivity index (χ4v) is 3.92. The lowest BCUT2D eigenvalue weighted by Gasteiger charge is -2.29. The maximum absolute atomic E-state index is 12.9. The smallest absolute Gasteiger partial charge is 0.375 e. The molecule has 2 rings (SSSR count). The van der Waals surface area contributed by atoms with E-state index in [9.17, 15) is 13.2 Å². The average molecular weight is 452 g/mol. The predicted molar refractivity (Wildman–Crippen MR) is 121 cm³/mol. The van der Waals surface area contributed by atoms with Crippen molar-refractivity contribution in [3.63, 3.8) is 0 Å². The Balaban J connectivity index is 1.90. The van der Waals surface area contributed by atoms with E-state index in [1.807, 2.05) is 18.2 Å². The molecule has 0 saturated heterocycles. The van der Waals surface area contributed by atoms with E-state index in [0.717, 1.165) is 49.9 Å². The Morgan fingerprint density at radius 3 is 2.50 bits per heavy atom. The van der Waals surface area contributed by atoms with Crippen LogP contribution in [-0.2, 0) is 17.5 Å². The van der Waals surface area contributed by atoms with Crippen LogP contribution in [0.3, 0.4) is 0 Å². The van der Waals surface area contributed by atoms with Gasteiger partial charge >= 0.3 is 6.18 Å². The lowest BCUT2D eigenvalue weighted by atomic mass is 9.95. The molecule has 7 heteroatoms. The van der Waals surface area contributed by atoms with E-state index in [1.165, 1.54) is 13.1 Å². The van der Waals surface area contributed by atoms with Gasteiger partial charge in [-0.05, 0) is 69.3 Å². The maximum atomic E-state index is 12.9. The zero-order valence-corrected chi connectivity index (χ0v) is 19.6. The van der Waals surface area contributed by atoms with Gasteiger partial charge in [-0.25, -0.2) is 0 Å². The second-order valence-corrected chi connectivity index (χ2v) is 8.61. The minimum Gasteiger partial charge on any atom is -0.375 e. The first kappa shape index (κ1) is 26.3. The van der Waals surface area contributed by atoms with Gasteiger partial charge in [0.25, 0.3) is 0 Å². The Bertz CT molecular complexity index is 814. The van der Waals surface area contributed by atoms with Crippen molar-refractivity contribution in [2.45, 2.75) is 84.0 Å². The fourth-order valence-electron chi connectivity index (χ4n) is 3.92. The molecule has 0 saturated carbocycles. The molecule has 1 N–H and O–H groups in total. The zero-order valence-electron chi connectivity index (χ0n) is 19.6. The van der Waals surface area contributed by atoms with Gasteiger partial charge in [0.15, 0.2) is 0 Å². The maximum Gasteiger partial charge on any atom is 0.433 e.